The predicted molar refractivity (Wildman–Crippen MR) is 183 cm³/mol. The first kappa shape index (κ1) is 23.6. The number of alkyl halides is 3. The van der Waals surface area contributed by atoms with E-state index in [9.17, 15) is 29.9 Å². The number of aliphatic imine (C=N–C) groups is 1. The molecule has 0 bridgehead atoms. The molecule has 0 saturated heterocycles. The van der Waals surface area contributed by atoms with Gasteiger partial charge in [0.25, 0.3) is 5.91 Å². The minimum atomic E-state index is -4.57. The van der Waals surface area contributed by atoms with Crippen LogP contribution in [0.5, 0.6) is 0 Å². The van der Waals surface area contributed by atoms with E-state index in [1.54, 1.807) is 0 Å². The van der Waals surface area contributed by atoms with Crippen molar-refractivity contribution in [3.05, 3.63) is 95.3 Å². The Labute approximate surface area is 299 Å². The topological polar surface area (TPSA) is 56.2 Å². The van der Waals surface area contributed by atoms with Gasteiger partial charge in [-0.15, -0.1) is 0 Å². The van der Waals surface area contributed by atoms with Crippen LogP contribution in [0.1, 0.15) is 65.3 Å². The van der Waals surface area contributed by atoms with Gasteiger partial charge in [-0.3, -0.25) is 9.59 Å². The van der Waals surface area contributed by atoms with Gasteiger partial charge in [0.05, 0.1) is 20.8 Å². The van der Waals surface area contributed by atoms with Gasteiger partial charge in [0, 0.05) is 43.7 Å². The van der Waals surface area contributed by atoms with Gasteiger partial charge in [-0.05, 0) is 78.2 Å². The average Bonchev–Trinajstić information content (AvgIpc) is 3.23. The van der Waals surface area contributed by atoms with Gasteiger partial charge in [-0.25, -0.2) is 4.39 Å². The van der Waals surface area contributed by atoms with Crippen molar-refractivity contribution in [1.82, 2.24) is 14.7 Å². The number of carbonyl (C=O) groups is 2. The molecule has 2 aliphatic rings. The van der Waals surface area contributed by atoms with Crippen molar-refractivity contribution in [3.8, 4) is 11.1 Å². The molecule has 5 rings (SSSR count). The van der Waals surface area contributed by atoms with Gasteiger partial charge < -0.3 is 14.7 Å². The van der Waals surface area contributed by atoms with Crippen molar-refractivity contribution in [3.63, 3.8) is 0 Å². The summed E-state index contributed by atoms with van der Waals surface area (Å²) in [6.45, 7) is -6.42. The molecule has 1 aliphatic carbocycles. The second-order valence-corrected chi connectivity index (χ2v) is 12.0. The molecule has 2 amide bonds. The lowest BCUT2D eigenvalue weighted by atomic mass is 10.00. The van der Waals surface area contributed by atoms with Crippen LogP contribution >= 0.6 is 11.8 Å². The van der Waals surface area contributed by atoms with Crippen LogP contribution in [0.4, 0.5) is 17.6 Å². The Morgan fingerprint density at radius 3 is 2.19 bits per heavy atom. The van der Waals surface area contributed by atoms with E-state index in [1.165, 1.54) is 60.7 Å². The number of fused-ring (bicyclic) bond motifs is 1. The fourth-order valence-electron chi connectivity index (χ4n) is 5.22. The number of hydrogen-bond donors (Lipinski definition) is 0. The fraction of sp³-hybridized carbons (Fsp3) is 0.432. The summed E-state index contributed by atoms with van der Waals surface area (Å²) in [4.78, 5) is 34.8. The second-order valence-electron chi connectivity index (χ2n) is 11.0. The molecule has 6 nitrogen and oxygen atoms in total. The zero-order chi connectivity index (χ0) is 44.3. The molecule has 0 spiro atoms. The van der Waals surface area contributed by atoms with Crippen LogP contribution in [0.25, 0.3) is 11.1 Å². The van der Waals surface area contributed by atoms with Crippen LogP contribution in [0.3, 0.4) is 0 Å². The van der Waals surface area contributed by atoms with Crippen LogP contribution in [-0.4, -0.2) is 70.4 Å². The van der Waals surface area contributed by atoms with Gasteiger partial charge >= 0.3 is 6.18 Å². The molecule has 48 heavy (non-hydrogen) atoms. The highest BCUT2D eigenvalue weighted by Crippen LogP contribution is 2.40. The summed E-state index contributed by atoms with van der Waals surface area (Å²) in [5, 5.41) is -0.246. The lowest BCUT2D eigenvalue weighted by Gasteiger charge is -2.38. The molecule has 3 aromatic carbocycles. The van der Waals surface area contributed by atoms with Gasteiger partial charge in [-0.1, -0.05) is 81.1 Å². The van der Waals surface area contributed by atoms with Crippen LogP contribution in [0, 0.1) is 17.6 Å². The number of hydrogen-bond acceptors (Lipinski definition) is 5. The number of likely N-dealkylation sites (N-methyl/N-ethyl adjacent to an activating group) is 1. The summed E-state index contributed by atoms with van der Waals surface area (Å²) in [6.07, 6.45) is -10.2. The molecule has 1 aliphatic heterocycles. The molecular formula is C37H42F4N4O2S. The maximum Gasteiger partial charge on any atom is 0.416 e. The maximum absolute atomic E-state index is 14.7. The van der Waals surface area contributed by atoms with Gasteiger partial charge in [0.1, 0.15) is 5.82 Å². The summed E-state index contributed by atoms with van der Waals surface area (Å²) in [5.74, 6) is -7.10. The summed E-state index contributed by atoms with van der Waals surface area (Å²) in [5.41, 5.74) is 0.293. The normalized spacial score (nSPS) is 27.3. The third-order valence-corrected chi connectivity index (χ3v) is 8.84. The van der Waals surface area contributed by atoms with Crippen molar-refractivity contribution < 1.29 is 42.2 Å². The molecule has 11 heteroatoms. The molecule has 3 unspecified atom stereocenters. The van der Waals surface area contributed by atoms with E-state index in [0.29, 0.717) is 21.6 Å². The quantitative estimate of drug-likeness (QED) is 0.182. The van der Waals surface area contributed by atoms with Crippen molar-refractivity contribution in [2.75, 3.05) is 32.6 Å². The van der Waals surface area contributed by atoms with Crippen molar-refractivity contribution in [1.29, 1.82) is 0 Å². The zero-order valence-electron chi connectivity index (χ0n) is 37.4. The Morgan fingerprint density at radius 2 is 1.58 bits per heavy atom. The summed E-state index contributed by atoms with van der Waals surface area (Å²) >= 11 is 0.850. The fourth-order valence-corrected chi connectivity index (χ4v) is 6.21. The second kappa shape index (κ2) is 15.7. The lowest BCUT2D eigenvalue weighted by molar-refractivity contribution is -0.137. The van der Waals surface area contributed by atoms with Crippen molar-refractivity contribution in [2.45, 2.75) is 58.0 Å². The molecule has 0 radical (unpaired) electrons. The summed E-state index contributed by atoms with van der Waals surface area (Å²) < 4.78 is 149. The number of amidine groups is 1. The monoisotopic (exact) mass is 693 g/mol. The van der Waals surface area contributed by atoms with Crippen LogP contribution in [0.15, 0.2) is 77.8 Å². The van der Waals surface area contributed by atoms with Crippen LogP contribution in [-0.2, 0) is 28.0 Å². The van der Waals surface area contributed by atoms with E-state index in [-0.39, 0.29) is 16.5 Å². The van der Waals surface area contributed by atoms with E-state index < -0.39 is 99.1 Å². The third-order valence-electron chi connectivity index (χ3n) is 7.77. The molecule has 1 heterocycles. The number of rotatable bonds is 12. The molecular weight excluding hydrogens is 640 g/mol. The number of halogens is 4. The van der Waals surface area contributed by atoms with Crippen LogP contribution in [0.2, 0.25) is 0 Å². The summed E-state index contributed by atoms with van der Waals surface area (Å²) in [7, 11) is 0. The Bertz CT molecular complexity index is 2050. The molecule has 0 aromatic heterocycles. The third kappa shape index (κ3) is 8.85. The maximum atomic E-state index is 14.7. The Balaban J connectivity index is 1.56. The highest BCUT2D eigenvalue weighted by Gasteiger charge is 2.45. The molecule has 1 saturated carbocycles. The Hall–Kier alpha value is -3.70. The highest BCUT2D eigenvalue weighted by atomic mass is 32.2. The largest absolute Gasteiger partial charge is 0.416 e. The van der Waals surface area contributed by atoms with E-state index in [4.69, 9.17) is 12.3 Å². The van der Waals surface area contributed by atoms with E-state index in [2.05, 4.69) is 4.99 Å². The van der Waals surface area contributed by atoms with E-state index in [0.717, 1.165) is 54.5 Å². The SMILES string of the molecule is [2H]C([2H])(C)N(CCN(C(=O)CN1C(SCc2ccc(F)cc2)=NC(=O)C2C1C([2H])([2H])C([2H])(C)C2([2H])[2H])C([2H])([2H])c1ccc(-c2ccc(C(F)(F)F)cc2)cc1)C([2H])([2H])C. The molecule has 1 fully saturated rings. The Kier molecular flexibility index (Phi) is 7.71. The Morgan fingerprint density at radius 1 is 0.979 bits per heavy atom. The van der Waals surface area contributed by atoms with Crippen molar-refractivity contribution in [2.24, 2.45) is 16.8 Å². The lowest BCUT2D eigenvalue weighted by Crippen LogP contribution is -2.52. The molecule has 256 valence electrons. The minimum absolute atomic E-state index is 0.0183. The number of amides is 2. The molecule has 0 N–H and O–H groups in total. The van der Waals surface area contributed by atoms with Gasteiger partial charge in [-0.2, -0.15) is 18.2 Å². The minimum Gasteiger partial charge on any atom is -0.338 e. The van der Waals surface area contributed by atoms with Crippen LogP contribution < -0.4 is 0 Å². The number of nitrogens with zero attached hydrogens (tertiary/aromatic N) is 4. The standard InChI is InChI=1S/C37H42F4N4O2S/c1-4-43(5-2)18-19-44(22-26-6-10-28(11-7-26)29-12-14-30(15-13-29)37(39,40)41)34(46)23-45-33-21-25(3)20-32(33)35(47)42-36(45)48-24-27-8-16-31(38)17-9-27/h6-17,25,32-33H,4-5,18-24H2,1-3H3/i4D2,5D2,20D2,21D2,22D2,25D. The van der Waals surface area contributed by atoms with Gasteiger partial charge in [0.2, 0.25) is 5.91 Å². The van der Waals surface area contributed by atoms with Crippen molar-refractivity contribution >= 4 is 28.7 Å². The predicted octanol–water partition coefficient (Wildman–Crippen LogP) is 7.73. The first-order valence-electron chi connectivity index (χ1n) is 20.5. The molecule has 3 atom stereocenters. The smallest absolute Gasteiger partial charge is 0.338 e. The number of carbonyl (C=O) groups excluding carboxylic acids is 2. The summed E-state index contributed by atoms with van der Waals surface area (Å²) in [6, 6.07) is 13.2. The number of thioether (sulfide) groups is 1. The average molecular weight is 694 g/mol. The highest BCUT2D eigenvalue weighted by molar-refractivity contribution is 8.13. The van der Waals surface area contributed by atoms with E-state index in [1.807, 2.05) is 0 Å². The molecule has 3 aromatic rings. The van der Waals surface area contributed by atoms with Gasteiger partial charge in [0.15, 0.2) is 5.17 Å². The number of benzene rings is 3. The van der Waals surface area contributed by atoms with E-state index >= 15 is 0 Å². The first-order chi connectivity index (χ1) is 26.9. The first-order valence-corrected chi connectivity index (χ1v) is 16.0. The zero-order valence-corrected chi connectivity index (χ0v) is 27.3.